The molecule has 1 heterocycles. The van der Waals surface area contributed by atoms with E-state index in [1.165, 1.54) is 18.7 Å². The third-order valence-corrected chi connectivity index (χ3v) is 4.55. The van der Waals surface area contributed by atoms with E-state index in [2.05, 4.69) is 20.7 Å². The number of amides is 1. The monoisotopic (exact) mass is 378 g/mol. The molecule has 0 bridgehead atoms. The molecule has 0 aliphatic rings. The molecule has 2 aromatic carbocycles. The molecule has 0 spiro atoms. The lowest BCUT2D eigenvalue weighted by atomic mass is 10.0. The Morgan fingerprint density at radius 1 is 1.14 bits per heavy atom. The maximum Gasteiger partial charge on any atom is 0.289 e. The first kappa shape index (κ1) is 19.2. The number of carbonyl (C=O) groups excluding carboxylic acids is 1. The summed E-state index contributed by atoms with van der Waals surface area (Å²) in [5.41, 5.74) is 8.11. The van der Waals surface area contributed by atoms with E-state index in [1.54, 1.807) is 25.1 Å². The fraction of sp³-hybridized carbons (Fsp3) is 0.190. The van der Waals surface area contributed by atoms with Gasteiger partial charge in [-0.3, -0.25) is 9.89 Å². The highest BCUT2D eigenvalue weighted by molar-refractivity contribution is 6.01. The average Bonchev–Trinajstić information content (AvgIpc) is 3.18. The van der Waals surface area contributed by atoms with Crippen LogP contribution in [0.15, 0.2) is 47.6 Å². The van der Waals surface area contributed by atoms with Crippen LogP contribution in [0.4, 0.5) is 0 Å². The predicted octanol–water partition coefficient (Wildman–Crippen LogP) is 3.56. The second-order valence-corrected chi connectivity index (χ2v) is 6.49. The van der Waals surface area contributed by atoms with Crippen LogP contribution < -0.4 is 10.2 Å². The summed E-state index contributed by atoms with van der Waals surface area (Å²) in [6.45, 7) is 5.83. The van der Waals surface area contributed by atoms with Crippen LogP contribution in [-0.2, 0) is 0 Å². The van der Waals surface area contributed by atoms with Crippen molar-refractivity contribution in [1.82, 2.24) is 15.6 Å². The zero-order chi connectivity index (χ0) is 20.3. The van der Waals surface area contributed by atoms with Crippen molar-refractivity contribution in [2.24, 2.45) is 5.10 Å². The van der Waals surface area contributed by atoms with E-state index in [-0.39, 0.29) is 5.75 Å². The largest absolute Gasteiger partial charge is 0.504 e. The molecule has 1 aromatic heterocycles. The number of benzene rings is 2. The van der Waals surface area contributed by atoms with Gasteiger partial charge in [-0.15, -0.1) is 0 Å². The van der Waals surface area contributed by atoms with Gasteiger partial charge in [0.1, 0.15) is 5.69 Å². The highest BCUT2D eigenvalue weighted by Crippen LogP contribution is 2.26. The number of ether oxygens (including phenoxy) is 1. The SMILES string of the molecule is COc1cc(C(C)=NNC(=O)c2cc(-c3ccc(C)c(C)c3)n[nH]2)ccc1O. The van der Waals surface area contributed by atoms with Gasteiger partial charge in [0.25, 0.3) is 5.91 Å². The summed E-state index contributed by atoms with van der Waals surface area (Å²) in [7, 11) is 1.47. The number of nitrogens with one attached hydrogen (secondary N) is 2. The van der Waals surface area contributed by atoms with Gasteiger partial charge >= 0.3 is 0 Å². The highest BCUT2D eigenvalue weighted by atomic mass is 16.5. The molecule has 0 unspecified atom stereocenters. The molecule has 7 nitrogen and oxygen atoms in total. The standard InChI is InChI=1S/C21H22N4O3/c1-12-5-6-16(9-13(12)2)17-11-18(24-23-17)21(27)25-22-14(3)15-7-8-19(26)20(10-15)28-4/h5-11,26H,1-4H3,(H,23,24)(H,25,27). The summed E-state index contributed by atoms with van der Waals surface area (Å²) in [5, 5.41) is 20.7. The number of hydrazone groups is 1. The van der Waals surface area contributed by atoms with Crippen molar-refractivity contribution in [3.8, 4) is 22.8 Å². The number of nitrogens with zero attached hydrogens (tertiary/aromatic N) is 2. The third-order valence-electron chi connectivity index (χ3n) is 4.55. The van der Waals surface area contributed by atoms with Crippen molar-refractivity contribution in [1.29, 1.82) is 0 Å². The Kier molecular flexibility index (Phi) is 5.44. The number of H-pyrrole nitrogens is 1. The molecule has 3 rings (SSSR count). The zero-order valence-corrected chi connectivity index (χ0v) is 16.2. The van der Waals surface area contributed by atoms with Crippen LogP contribution in [0.3, 0.4) is 0 Å². The minimum absolute atomic E-state index is 0.0411. The lowest BCUT2D eigenvalue weighted by Gasteiger charge is -2.06. The van der Waals surface area contributed by atoms with E-state index in [9.17, 15) is 9.90 Å². The molecule has 7 heteroatoms. The number of aromatic hydroxyl groups is 1. The number of hydrogen-bond donors (Lipinski definition) is 3. The van der Waals surface area contributed by atoms with Gasteiger partial charge in [0.15, 0.2) is 11.5 Å². The molecule has 0 fully saturated rings. The average molecular weight is 378 g/mol. The Bertz CT molecular complexity index is 1050. The minimum Gasteiger partial charge on any atom is -0.504 e. The molecular formula is C21H22N4O3. The Morgan fingerprint density at radius 2 is 1.93 bits per heavy atom. The van der Waals surface area contributed by atoms with Crippen LogP contribution in [0.5, 0.6) is 11.5 Å². The van der Waals surface area contributed by atoms with Gasteiger partial charge in [0.2, 0.25) is 0 Å². The summed E-state index contributed by atoms with van der Waals surface area (Å²) in [6.07, 6.45) is 0. The number of phenols is 1. The second-order valence-electron chi connectivity index (χ2n) is 6.49. The number of carbonyl (C=O) groups is 1. The fourth-order valence-corrected chi connectivity index (χ4v) is 2.65. The van der Waals surface area contributed by atoms with Gasteiger partial charge in [-0.25, -0.2) is 5.43 Å². The van der Waals surface area contributed by atoms with E-state index in [1.807, 2.05) is 32.0 Å². The van der Waals surface area contributed by atoms with Crippen molar-refractivity contribution in [3.63, 3.8) is 0 Å². The Labute approximate surface area is 163 Å². The number of rotatable bonds is 5. The predicted molar refractivity (Wildman–Crippen MR) is 108 cm³/mol. The molecular weight excluding hydrogens is 356 g/mol. The maximum atomic E-state index is 12.4. The quantitative estimate of drug-likeness (QED) is 0.467. The molecule has 1 amide bonds. The summed E-state index contributed by atoms with van der Waals surface area (Å²) in [4.78, 5) is 12.4. The summed E-state index contributed by atoms with van der Waals surface area (Å²) >= 11 is 0. The Morgan fingerprint density at radius 3 is 2.64 bits per heavy atom. The first-order valence-corrected chi connectivity index (χ1v) is 8.74. The molecule has 0 aliphatic heterocycles. The summed E-state index contributed by atoms with van der Waals surface area (Å²) in [6, 6.07) is 12.6. The smallest absolute Gasteiger partial charge is 0.289 e. The zero-order valence-electron chi connectivity index (χ0n) is 16.2. The van der Waals surface area contributed by atoms with Crippen molar-refractivity contribution >= 4 is 11.6 Å². The number of hydrogen-bond acceptors (Lipinski definition) is 5. The summed E-state index contributed by atoms with van der Waals surface area (Å²) < 4.78 is 5.09. The molecule has 3 aromatic rings. The Balaban J connectivity index is 1.74. The van der Waals surface area contributed by atoms with Crippen LogP contribution in [-0.4, -0.2) is 34.0 Å². The van der Waals surface area contributed by atoms with Crippen LogP contribution in [0, 0.1) is 13.8 Å². The van der Waals surface area contributed by atoms with Gasteiger partial charge in [0, 0.05) is 11.1 Å². The molecule has 0 saturated carbocycles. The van der Waals surface area contributed by atoms with Gasteiger partial charge in [0.05, 0.1) is 18.5 Å². The molecule has 28 heavy (non-hydrogen) atoms. The summed E-state index contributed by atoms with van der Waals surface area (Å²) in [5.74, 6) is -0.0166. The van der Waals surface area contributed by atoms with Gasteiger partial charge in [-0.1, -0.05) is 12.1 Å². The third kappa shape index (κ3) is 4.03. The molecule has 0 atom stereocenters. The lowest BCUT2D eigenvalue weighted by molar-refractivity contribution is 0.0950. The first-order valence-electron chi connectivity index (χ1n) is 8.74. The fourth-order valence-electron chi connectivity index (χ4n) is 2.65. The topological polar surface area (TPSA) is 99.6 Å². The van der Waals surface area contributed by atoms with Crippen LogP contribution >= 0.6 is 0 Å². The van der Waals surface area contributed by atoms with E-state index in [4.69, 9.17) is 4.74 Å². The first-order chi connectivity index (χ1) is 13.4. The molecule has 3 N–H and O–H groups in total. The van der Waals surface area contributed by atoms with Gasteiger partial charge in [-0.05, 0) is 62.2 Å². The van der Waals surface area contributed by atoms with E-state index in [0.717, 1.165) is 16.7 Å². The number of methoxy groups -OCH3 is 1. The van der Waals surface area contributed by atoms with E-state index >= 15 is 0 Å². The number of aryl methyl sites for hydroxylation is 2. The minimum atomic E-state index is -0.396. The Hall–Kier alpha value is -3.61. The van der Waals surface area contributed by atoms with Crippen molar-refractivity contribution in [3.05, 3.63) is 64.8 Å². The van der Waals surface area contributed by atoms with Crippen molar-refractivity contribution in [2.75, 3.05) is 7.11 Å². The van der Waals surface area contributed by atoms with Crippen molar-refractivity contribution in [2.45, 2.75) is 20.8 Å². The van der Waals surface area contributed by atoms with E-state index < -0.39 is 5.91 Å². The maximum absolute atomic E-state index is 12.4. The number of aromatic nitrogens is 2. The number of phenolic OH excluding ortho intramolecular Hbond substituents is 1. The highest BCUT2D eigenvalue weighted by Gasteiger charge is 2.12. The van der Waals surface area contributed by atoms with Crippen LogP contribution in [0.1, 0.15) is 34.1 Å². The molecule has 0 saturated heterocycles. The molecule has 144 valence electrons. The molecule has 0 radical (unpaired) electrons. The normalized spacial score (nSPS) is 11.4. The van der Waals surface area contributed by atoms with E-state index in [0.29, 0.717) is 22.8 Å². The van der Waals surface area contributed by atoms with Crippen LogP contribution in [0.2, 0.25) is 0 Å². The lowest BCUT2D eigenvalue weighted by Crippen LogP contribution is -2.19. The second kappa shape index (κ2) is 7.96. The van der Waals surface area contributed by atoms with Crippen molar-refractivity contribution < 1.29 is 14.6 Å². The van der Waals surface area contributed by atoms with Gasteiger partial charge in [-0.2, -0.15) is 10.2 Å². The number of aromatic amines is 1. The molecule has 0 aliphatic carbocycles. The van der Waals surface area contributed by atoms with Crippen LogP contribution in [0.25, 0.3) is 11.3 Å². The van der Waals surface area contributed by atoms with Gasteiger partial charge < -0.3 is 9.84 Å².